The first-order chi connectivity index (χ1) is 14.3. The molecule has 1 saturated heterocycles. The van der Waals surface area contributed by atoms with E-state index in [0.29, 0.717) is 5.92 Å². The Morgan fingerprint density at radius 2 is 1.90 bits per heavy atom. The molecule has 150 valence electrons. The highest BCUT2D eigenvalue weighted by Crippen LogP contribution is 2.38. The SMILES string of the molecule is O=C(c1ccccc1)N1CCC(CNc2ncnc3sc4c(c23)CCCC4)CC1. The monoisotopic (exact) mass is 406 g/mol. The first-order valence-electron chi connectivity index (χ1n) is 10.6. The second-order valence-corrected chi connectivity index (χ2v) is 9.18. The van der Waals surface area contributed by atoms with Gasteiger partial charge in [-0.1, -0.05) is 18.2 Å². The van der Waals surface area contributed by atoms with Crippen LogP contribution in [-0.4, -0.2) is 40.4 Å². The molecule has 2 aliphatic rings. The topological polar surface area (TPSA) is 58.1 Å². The predicted octanol–water partition coefficient (Wildman–Crippen LogP) is 4.53. The summed E-state index contributed by atoms with van der Waals surface area (Å²) >= 11 is 1.84. The van der Waals surface area contributed by atoms with Gasteiger partial charge in [-0.2, -0.15) is 0 Å². The summed E-state index contributed by atoms with van der Waals surface area (Å²) in [7, 11) is 0. The Morgan fingerprint density at radius 1 is 1.10 bits per heavy atom. The third-order valence-electron chi connectivity index (χ3n) is 6.23. The molecule has 0 saturated carbocycles. The van der Waals surface area contributed by atoms with E-state index >= 15 is 0 Å². The number of aromatic nitrogens is 2. The second kappa shape index (κ2) is 8.11. The van der Waals surface area contributed by atoms with E-state index in [-0.39, 0.29) is 5.91 Å². The molecule has 1 amide bonds. The molecule has 1 fully saturated rings. The van der Waals surface area contributed by atoms with Crippen LogP contribution in [0, 0.1) is 5.92 Å². The van der Waals surface area contributed by atoms with Gasteiger partial charge in [0.2, 0.25) is 0 Å². The summed E-state index contributed by atoms with van der Waals surface area (Å²) in [6.45, 7) is 2.56. The van der Waals surface area contributed by atoms with Crippen LogP contribution < -0.4 is 5.32 Å². The van der Waals surface area contributed by atoms with Crippen LogP contribution in [0.1, 0.15) is 46.5 Å². The first-order valence-corrected chi connectivity index (χ1v) is 11.4. The number of rotatable bonds is 4. The van der Waals surface area contributed by atoms with Crippen LogP contribution in [-0.2, 0) is 12.8 Å². The van der Waals surface area contributed by atoms with Crippen molar-refractivity contribution in [2.24, 2.45) is 5.92 Å². The van der Waals surface area contributed by atoms with Crippen LogP contribution in [0.2, 0.25) is 0 Å². The van der Waals surface area contributed by atoms with Crippen LogP contribution in [0.5, 0.6) is 0 Å². The molecule has 29 heavy (non-hydrogen) atoms. The minimum atomic E-state index is 0.152. The smallest absolute Gasteiger partial charge is 0.253 e. The van der Waals surface area contributed by atoms with Crippen molar-refractivity contribution >= 4 is 33.3 Å². The number of nitrogens with one attached hydrogen (secondary N) is 1. The Kier molecular flexibility index (Phi) is 5.19. The van der Waals surface area contributed by atoms with Gasteiger partial charge in [-0.25, -0.2) is 9.97 Å². The van der Waals surface area contributed by atoms with Gasteiger partial charge in [-0.15, -0.1) is 11.3 Å². The van der Waals surface area contributed by atoms with Gasteiger partial charge in [0, 0.05) is 30.1 Å². The normalized spacial score (nSPS) is 17.3. The first kappa shape index (κ1) is 18.6. The molecular formula is C23H26N4OS. The summed E-state index contributed by atoms with van der Waals surface area (Å²) in [4.78, 5) is 26.3. The van der Waals surface area contributed by atoms with Crippen molar-refractivity contribution in [1.29, 1.82) is 0 Å². The Labute approximate surface area is 175 Å². The van der Waals surface area contributed by atoms with Crippen molar-refractivity contribution in [3.8, 4) is 0 Å². The average Bonchev–Trinajstić information content (AvgIpc) is 3.17. The summed E-state index contributed by atoms with van der Waals surface area (Å²) in [6.07, 6.45) is 8.63. The highest BCUT2D eigenvalue weighted by Gasteiger charge is 2.24. The molecule has 1 aromatic carbocycles. The van der Waals surface area contributed by atoms with Crippen molar-refractivity contribution < 1.29 is 4.79 Å². The van der Waals surface area contributed by atoms with Crippen LogP contribution in [0.15, 0.2) is 36.7 Å². The molecule has 1 aliphatic heterocycles. The Bertz CT molecular complexity index is 1010. The lowest BCUT2D eigenvalue weighted by Gasteiger charge is -2.32. The number of nitrogens with zero attached hydrogens (tertiary/aromatic N) is 3. The van der Waals surface area contributed by atoms with Crippen LogP contribution in [0.3, 0.4) is 0 Å². The summed E-state index contributed by atoms with van der Waals surface area (Å²) in [5.41, 5.74) is 2.26. The highest BCUT2D eigenvalue weighted by molar-refractivity contribution is 7.19. The quantitative estimate of drug-likeness (QED) is 0.691. The second-order valence-electron chi connectivity index (χ2n) is 8.10. The molecule has 3 heterocycles. The molecule has 5 nitrogen and oxygen atoms in total. The lowest BCUT2D eigenvalue weighted by atomic mass is 9.95. The van der Waals surface area contributed by atoms with Gasteiger partial charge >= 0.3 is 0 Å². The molecule has 0 spiro atoms. The number of piperidine rings is 1. The number of thiophene rings is 1. The molecule has 5 rings (SSSR count). The van der Waals surface area contributed by atoms with E-state index in [9.17, 15) is 4.79 Å². The molecule has 0 atom stereocenters. The molecule has 1 N–H and O–H groups in total. The average molecular weight is 407 g/mol. The number of carbonyl (C=O) groups is 1. The lowest BCUT2D eigenvalue weighted by Crippen LogP contribution is -2.39. The molecule has 0 radical (unpaired) electrons. The number of benzene rings is 1. The third-order valence-corrected chi connectivity index (χ3v) is 7.43. The van der Waals surface area contributed by atoms with E-state index in [0.717, 1.165) is 55.1 Å². The number of likely N-dealkylation sites (tertiary alicyclic amines) is 1. The van der Waals surface area contributed by atoms with E-state index < -0.39 is 0 Å². The number of fused-ring (bicyclic) bond motifs is 3. The van der Waals surface area contributed by atoms with Crippen molar-refractivity contribution in [2.75, 3.05) is 25.0 Å². The van der Waals surface area contributed by atoms with Gasteiger partial charge in [0.25, 0.3) is 5.91 Å². The van der Waals surface area contributed by atoms with Crippen LogP contribution in [0.4, 0.5) is 5.82 Å². The van der Waals surface area contributed by atoms with Crippen molar-refractivity contribution in [3.05, 3.63) is 52.7 Å². The van der Waals surface area contributed by atoms with Gasteiger partial charge in [0.1, 0.15) is 17.0 Å². The van der Waals surface area contributed by atoms with E-state index in [1.165, 1.54) is 35.1 Å². The summed E-state index contributed by atoms with van der Waals surface area (Å²) in [6, 6.07) is 9.60. The molecule has 0 unspecified atom stereocenters. The maximum atomic E-state index is 12.6. The fraction of sp³-hybridized carbons (Fsp3) is 0.435. The molecular weight excluding hydrogens is 380 g/mol. The zero-order chi connectivity index (χ0) is 19.6. The molecule has 6 heteroatoms. The Hall–Kier alpha value is -2.47. The van der Waals surface area contributed by atoms with E-state index in [1.54, 1.807) is 6.33 Å². The van der Waals surface area contributed by atoms with Crippen LogP contribution >= 0.6 is 11.3 Å². The van der Waals surface area contributed by atoms with Gasteiger partial charge in [0.05, 0.1) is 5.39 Å². The third kappa shape index (κ3) is 3.73. The number of anilines is 1. The lowest BCUT2D eigenvalue weighted by molar-refractivity contribution is 0.0695. The van der Waals surface area contributed by atoms with E-state index in [2.05, 4.69) is 15.3 Å². The molecule has 3 aromatic rings. The zero-order valence-corrected chi connectivity index (χ0v) is 17.4. The zero-order valence-electron chi connectivity index (χ0n) is 16.6. The van der Waals surface area contributed by atoms with Crippen molar-refractivity contribution in [2.45, 2.75) is 38.5 Å². The van der Waals surface area contributed by atoms with E-state index in [4.69, 9.17) is 0 Å². The minimum Gasteiger partial charge on any atom is -0.369 e. The number of amides is 1. The van der Waals surface area contributed by atoms with Gasteiger partial charge in [-0.05, 0) is 62.1 Å². The predicted molar refractivity (Wildman–Crippen MR) is 118 cm³/mol. The van der Waals surface area contributed by atoms with Crippen molar-refractivity contribution in [3.63, 3.8) is 0 Å². The van der Waals surface area contributed by atoms with E-state index in [1.807, 2.05) is 46.6 Å². The molecule has 0 bridgehead atoms. The summed E-state index contributed by atoms with van der Waals surface area (Å²) in [5, 5.41) is 4.88. The van der Waals surface area contributed by atoms with Crippen LogP contribution in [0.25, 0.3) is 10.2 Å². The standard InChI is InChI=1S/C23H26N4OS/c28-23(17-6-2-1-3-7-17)27-12-10-16(11-13-27)14-24-21-20-18-8-4-5-9-19(18)29-22(20)26-15-25-21/h1-3,6-7,15-16H,4-5,8-14H2,(H,24,25,26). The molecule has 2 aromatic heterocycles. The number of carbonyl (C=O) groups excluding carboxylic acids is 1. The molecule has 1 aliphatic carbocycles. The summed E-state index contributed by atoms with van der Waals surface area (Å²) < 4.78 is 0. The van der Waals surface area contributed by atoms with Crippen molar-refractivity contribution in [1.82, 2.24) is 14.9 Å². The Morgan fingerprint density at radius 3 is 2.72 bits per heavy atom. The van der Waals surface area contributed by atoms with Gasteiger partial charge < -0.3 is 10.2 Å². The van der Waals surface area contributed by atoms with Gasteiger partial charge in [0.15, 0.2) is 0 Å². The highest BCUT2D eigenvalue weighted by atomic mass is 32.1. The largest absolute Gasteiger partial charge is 0.369 e. The number of hydrogen-bond donors (Lipinski definition) is 1. The number of hydrogen-bond acceptors (Lipinski definition) is 5. The minimum absolute atomic E-state index is 0.152. The maximum absolute atomic E-state index is 12.6. The summed E-state index contributed by atoms with van der Waals surface area (Å²) in [5.74, 6) is 1.71. The Balaban J connectivity index is 1.22. The number of aryl methyl sites for hydroxylation is 2. The maximum Gasteiger partial charge on any atom is 0.253 e. The fourth-order valence-electron chi connectivity index (χ4n) is 4.57. The fourth-order valence-corrected chi connectivity index (χ4v) is 5.80. The van der Waals surface area contributed by atoms with Gasteiger partial charge in [-0.3, -0.25) is 4.79 Å².